The highest BCUT2D eigenvalue weighted by molar-refractivity contribution is 7.09. The molecule has 2 amide bonds. The monoisotopic (exact) mass is 347 g/mol. The van der Waals surface area contributed by atoms with Gasteiger partial charge in [-0.05, 0) is 48.5 Å². The molecule has 6 heteroatoms. The molecule has 1 aromatic carbocycles. The number of nitrogens with zero attached hydrogens (tertiary/aromatic N) is 1. The topological polar surface area (TPSA) is 44.4 Å². The lowest BCUT2D eigenvalue weighted by atomic mass is 10.1. The largest absolute Gasteiger partial charge is 0.334 e. The molecular weight excluding hydrogens is 325 g/mol. The van der Waals surface area contributed by atoms with Crippen LogP contribution in [0.5, 0.6) is 0 Å². The van der Waals surface area contributed by atoms with Gasteiger partial charge in [-0.25, -0.2) is 9.18 Å². The number of carbonyl (C=O) groups excluding carboxylic acids is 1. The van der Waals surface area contributed by atoms with Crippen LogP contribution in [0.25, 0.3) is 0 Å². The molecule has 3 rings (SSSR count). The van der Waals surface area contributed by atoms with Crippen LogP contribution in [0, 0.1) is 5.82 Å². The molecule has 2 N–H and O–H groups in total. The highest BCUT2D eigenvalue weighted by Gasteiger charge is 2.21. The van der Waals surface area contributed by atoms with Crippen molar-refractivity contribution in [3.8, 4) is 0 Å². The Morgan fingerprint density at radius 3 is 3.04 bits per heavy atom. The molecule has 1 atom stereocenters. The van der Waals surface area contributed by atoms with E-state index in [1.165, 1.54) is 17.0 Å². The maximum Gasteiger partial charge on any atom is 0.315 e. The number of hydrogen-bond acceptors (Lipinski definition) is 3. The summed E-state index contributed by atoms with van der Waals surface area (Å²) in [5, 5.41) is 7.92. The summed E-state index contributed by atoms with van der Waals surface area (Å²) in [6, 6.07) is 10.5. The first-order chi connectivity index (χ1) is 11.7. The number of halogens is 1. The Morgan fingerprint density at radius 1 is 1.33 bits per heavy atom. The Hall–Kier alpha value is -1.92. The number of benzene rings is 1. The van der Waals surface area contributed by atoms with Crippen LogP contribution in [0.1, 0.15) is 23.3 Å². The maximum absolute atomic E-state index is 13.1. The molecule has 2 aromatic rings. The number of thiophene rings is 1. The smallest absolute Gasteiger partial charge is 0.315 e. The molecule has 1 unspecified atom stereocenters. The third-order valence-corrected chi connectivity index (χ3v) is 5.00. The summed E-state index contributed by atoms with van der Waals surface area (Å²) in [7, 11) is 0. The molecule has 24 heavy (non-hydrogen) atoms. The number of carbonyl (C=O) groups is 1. The Bertz CT molecular complexity index is 662. The zero-order valence-electron chi connectivity index (χ0n) is 13.5. The minimum Gasteiger partial charge on any atom is -0.334 e. The average Bonchev–Trinajstić information content (AvgIpc) is 3.06. The highest BCUT2D eigenvalue weighted by Crippen LogP contribution is 2.16. The van der Waals surface area contributed by atoms with Crippen molar-refractivity contribution >= 4 is 17.4 Å². The zero-order valence-corrected chi connectivity index (χ0v) is 14.3. The van der Waals surface area contributed by atoms with Crippen LogP contribution in [0.3, 0.4) is 0 Å². The van der Waals surface area contributed by atoms with Crippen LogP contribution < -0.4 is 10.6 Å². The quantitative estimate of drug-likeness (QED) is 0.871. The molecule has 1 aromatic heterocycles. The lowest BCUT2D eigenvalue weighted by Gasteiger charge is -2.32. The molecule has 1 aliphatic rings. The van der Waals surface area contributed by atoms with Crippen molar-refractivity contribution in [3.63, 3.8) is 0 Å². The lowest BCUT2D eigenvalue weighted by Crippen LogP contribution is -2.50. The SMILES string of the molecule is O=C(NCc1cccc(F)c1)NC1CCCN(Cc2cccs2)C1. The summed E-state index contributed by atoms with van der Waals surface area (Å²) in [5.74, 6) is -0.286. The van der Waals surface area contributed by atoms with Gasteiger partial charge in [0.25, 0.3) is 0 Å². The fourth-order valence-electron chi connectivity index (χ4n) is 3.01. The molecule has 128 valence electrons. The number of amides is 2. The van der Waals surface area contributed by atoms with Crippen LogP contribution >= 0.6 is 11.3 Å². The summed E-state index contributed by atoms with van der Waals surface area (Å²) >= 11 is 1.77. The molecule has 2 heterocycles. The first-order valence-electron chi connectivity index (χ1n) is 8.22. The fraction of sp³-hybridized carbons (Fsp3) is 0.389. The van der Waals surface area contributed by atoms with Crippen molar-refractivity contribution < 1.29 is 9.18 Å². The van der Waals surface area contributed by atoms with Crippen LogP contribution in [0.4, 0.5) is 9.18 Å². The Labute approximate surface area is 145 Å². The standard InChI is InChI=1S/C18H22FN3OS/c19-15-5-1-4-14(10-15)11-20-18(23)21-16-6-2-8-22(12-16)13-17-7-3-9-24-17/h1,3-5,7,9-10,16H,2,6,8,11-13H2,(H2,20,21,23). The van der Waals surface area contributed by atoms with Gasteiger partial charge in [-0.1, -0.05) is 18.2 Å². The van der Waals surface area contributed by atoms with E-state index in [4.69, 9.17) is 0 Å². The van der Waals surface area contributed by atoms with Gasteiger partial charge in [0, 0.05) is 30.6 Å². The van der Waals surface area contributed by atoms with E-state index in [0.717, 1.165) is 38.0 Å². The van der Waals surface area contributed by atoms with Crippen molar-refractivity contribution in [2.75, 3.05) is 13.1 Å². The number of urea groups is 1. The van der Waals surface area contributed by atoms with E-state index in [1.807, 2.05) is 0 Å². The Balaban J connectivity index is 1.43. The molecule has 0 aliphatic carbocycles. The summed E-state index contributed by atoms with van der Waals surface area (Å²) in [6.45, 7) is 3.21. The molecule has 1 saturated heterocycles. The van der Waals surface area contributed by atoms with Gasteiger partial charge in [-0.3, -0.25) is 4.90 Å². The zero-order chi connectivity index (χ0) is 16.8. The van der Waals surface area contributed by atoms with E-state index >= 15 is 0 Å². The number of rotatable bonds is 5. The van der Waals surface area contributed by atoms with Gasteiger partial charge in [-0.2, -0.15) is 0 Å². The van der Waals surface area contributed by atoms with Gasteiger partial charge in [0.15, 0.2) is 0 Å². The molecule has 0 saturated carbocycles. The Morgan fingerprint density at radius 2 is 2.25 bits per heavy atom. The van der Waals surface area contributed by atoms with E-state index in [-0.39, 0.29) is 17.9 Å². The predicted octanol–water partition coefficient (Wildman–Crippen LogP) is 3.35. The van der Waals surface area contributed by atoms with Gasteiger partial charge >= 0.3 is 6.03 Å². The molecule has 0 radical (unpaired) electrons. The third kappa shape index (κ3) is 5.04. The predicted molar refractivity (Wildman–Crippen MR) is 94.4 cm³/mol. The number of piperidine rings is 1. The molecule has 1 aliphatic heterocycles. The summed E-state index contributed by atoms with van der Waals surface area (Å²) in [5.41, 5.74) is 0.758. The average molecular weight is 347 g/mol. The molecule has 0 bridgehead atoms. The van der Waals surface area contributed by atoms with Gasteiger partial charge < -0.3 is 10.6 Å². The maximum atomic E-state index is 13.1. The van der Waals surface area contributed by atoms with E-state index < -0.39 is 0 Å². The van der Waals surface area contributed by atoms with E-state index in [2.05, 4.69) is 33.0 Å². The lowest BCUT2D eigenvalue weighted by molar-refractivity contribution is 0.181. The molecule has 1 fully saturated rings. The van der Waals surface area contributed by atoms with Crippen molar-refractivity contribution in [2.45, 2.75) is 32.0 Å². The number of hydrogen-bond donors (Lipinski definition) is 2. The van der Waals surface area contributed by atoms with Crippen LogP contribution in [0.2, 0.25) is 0 Å². The summed E-state index contributed by atoms with van der Waals surface area (Å²) < 4.78 is 13.1. The second kappa shape index (κ2) is 8.26. The van der Waals surface area contributed by atoms with Gasteiger partial charge in [-0.15, -0.1) is 11.3 Å². The fourth-order valence-corrected chi connectivity index (χ4v) is 3.75. The van der Waals surface area contributed by atoms with Crippen LogP contribution in [-0.4, -0.2) is 30.1 Å². The molecular formula is C18H22FN3OS. The molecule has 0 spiro atoms. The van der Waals surface area contributed by atoms with Crippen molar-refractivity contribution in [1.29, 1.82) is 0 Å². The number of likely N-dealkylation sites (tertiary alicyclic amines) is 1. The second-order valence-electron chi connectivity index (χ2n) is 6.11. The highest BCUT2D eigenvalue weighted by atomic mass is 32.1. The van der Waals surface area contributed by atoms with Crippen molar-refractivity contribution in [2.24, 2.45) is 0 Å². The van der Waals surface area contributed by atoms with E-state index in [1.54, 1.807) is 23.5 Å². The third-order valence-electron chi connectivity index (χ3n) is 4.14. The van der Waals surface area contributed by atoms with Crippen molar-refractivity contribution in [3.05, 3.63) is 58.0 Å². The minimum atomic E-state index is -0.286. The first kappa shape index (κ1) is 16.9. The molecule has 4 nitrogen and oxygen atoms in total. The van der Waals surface area contributed by atoms with Gasteiger partial charge in [0.2, 0.25) is 0 Å². The minimum absolute atomic E-state index is 0.159. The first-order valence-corrected chi connectivity index (χ1v) is 9.10. The van der Waals surface area contributed by atoms with Gasteiger partial charge in [0.1, 0.15) is 5.82 Å². The summed E-state index contributed by atoms with van der Waals surface area (Å²) in [4.78, 5) is 15.8. The second-order valence-corrected chi connectivity index (χ2v) is 7.14. The normalized spacial score (nSPS) is 18.3. The van der Waals surface area contributed by atoms with Crippen LogP contribution in [-0.2, 0) is 13.1 Å². The van der Waals surface area contributed by atoms with E-state index in [0.29, 0.717) is 6.54 Å². The van der Waals surface area contributed by atoms with E-state index in [9.17, 15) is 9.18 Å². The Kier molecular flexibility index (Phi) is 5.82. The number of nitrogens with one attached hydrogen (secondary N) is 2. The van der Waals surface area contributed by atoms with Crippen molar-refractivity contribution in [1.82, 2.24) is 15.5 Å². The van der Waals surface area contributed by atoms with Crippen LogP contribution in [0.15, 0.2) is 41.8 Å². The van der Waals surface area contributed by atoms with Gasteiger partial charge in [0.05, 0.1) is 0 Å². The summed E-state index contributed by atoms with van der Waals surface area (Å²) in [6.07, 6.45) is 2.08.